The van der Waals surface area contributed by atoms with Gasteiger partial charge in [0.25, 0.3) is 0 Å². The molecule has 0 aliphatic rings. The van der Waals surface area contributed by atoms with E-state index >= 15 is 0 Å². The van der Waals surface area contributed by atoms with E-state index in [0.717, 1.165) is 3.57 Å². The fourth-order valence-electron chi connectivity index (χ4n) is 0.782. The van der Waals surface area contributed by atoms with Crippen LogP contribution >= 0.6 is 45.2 Å². The van der Waals surface area contributed by atoms with Gasteiger partial charge in [-0.3, -0.25) is 0 Å². The Bertz CT molecular complexity index is 258. The molecule has 1 aromatic carbocycles. The molecule has 1 rings (SSSR count). The third-order valence-corrected chi connectivity index (χ3v) is 3.09. The Labute approximate surface area is 97.6 Å². The first-order valence-corrected chi connectivity index (χ1v) is 5.45. The van der Waals surface area contributed by atoms with Crippen LogP contribution in [0.15, 0.2) is 24.3 Å². The molecule has 0 heterocycles. The summed E-state index contributed by atoms with van der Waals surface area (Å²) in [5, 5.41) is 9.49. The van der Waals surface area contributed by atoms with Crippen molar-refractivity contribution < 1.29 is 9.50 Å². The molecular formula is C8H7FI2O. The number of rotatable bonds is 2. The van der Waals surface area contributed by atoms with E-state index in [1.165, 1.54) is 0 Å². The van der Waals surface area contributed by atoms with Gasteiger partial charge in [0.2, 0.25) is 0 Å². The third kappa shape index (κ3) is 2.53. The molecule has 1 N–H and O–H groups in total. The SMILES string of the molecule is OC(I)(CF)c1ccc(I)cc1. The molecule has 0 spiro atoms. The summed E-state index contributed by atoms with van der Waals surface area (Å²) in [6.07, 6.45) is 0. The minimum absolute atomic E-state index is 0.603. The van der Waals surface area contributed by atoms with E-state index in [0.29, 0.717) is 5.56 Å². The van der Waals surface area contributed by atoms with E-state index in [1.54, 1.807) is 34.7 Å². The van der Waals surface area contributed by atoms with Crippen LogP contribution in [-0.4, -0.2) is 11.8 Å². The highest BCUT2D eigenvalue weighted by molar-refractivity contribution is 14.1. The fraction of sp³-hybridized carbons (Fsp3) is 0.250. The highest BCUT2D eigenvalue weighted by Gasteiger charge is 2.24. The Hall–Kier alpha value is 0.570. The van der Waals surface area contributed by atoms with Crippen molar-refractivity contribution in [2.75, 3.05) is 6.67 Å². The van der Waals surface area contributed by atoms with Gasteiger partial charge >= 0.3 is 0 Å². The van der Waals surface area contributed by atoms with Gasteiger partial charge in [0.05, 0.1) is 0 Å². The quantitative estimate of drug-likeness (QED) is 0.607. The fourth-order valence-corrected chi connectivity index (χ4v) is 1.50. The normalized spacial score (nSPS) is 15.7. The summed E-state index contributed by atoms with van der Waals surface area (Å²) >= 11 is 3.85. The van der Waals surface area contributed by atoms with Gasteiger partial charge in [-0.05, 0) is 62.9 Å². The predicted molar refractivity (Wildman–Crippen MR) is 63.1 cm³/mol. The third-order valence-electron chi connectivity index (χ3n) is 1.46. The lowest BCUT2D eigenvalue weighted by atomic mass is 10.1. The first-order valence-electron chi connectivity index (χ1n) is 3.29. The average molecular weight is 392 g/mol. The van der Waals surface area contributed by atoms with Gasteiger partial charge in [-0.1, -0.05) is 12.1 Å². The summed E-state index contributed by atoms with van der Waals surface area (Å²) in [7, 11) is 0. The number of hydrogen-bond donors (Lipinski definition) is 1. The number of benzene rings is 1. The number of alkyl halides is 2. The molecule has 4 heteroatoms. The lowest BCUT2D eigenvalue weighted by Crippen LogP contribution is -2.19. The van der Waals surface area contributed by atoms with E-state index in [-0.39, 0.29) is 0 Å². The summed E-state index contributed by atoms with van der Waals surface area (Å²) in [6, 6.07) is 7.14. The van der Waals surface area contributed by atoms with Gasteiger partial charge in [0, 0.05) is 3.57 Å². The molecular weight excluding hydrogens is 385 g/mol. The zero-order valence-electron chi connectivity index (χ0n) is 6.10. The van der Waals surface area contributed by atoms with Crippen LogP contribution in [0.4, 0.5) is 4.39 Å². The van der Waals surface area contributed by atoms with Crippen LogP contribution < -0.4 is 0 Å². The van der Waals surface area contributed by atoms with Crippen LogP contribution in [0.3, 0.4) is 0 Å². The summed E-state index contributed by atoms with van der Waals surface area (Å²) in [5.41, 5.74) is 0.603. The molecule has 0 aliphatic carbocycles. The standard InChI is InChI=1S/C8H7FI2O/c9-5-8(11,12)6-1-3-7(10)4-2-6/h1-4,12H,5H2. The van der Waals surface area contributed by atoms with Crippen molar-refractivity contribution in [3.05, 3.63) is 33.4 Å². The molecule has 1 atom stereocenters. The molecule has 1 nitrogen and oxygen atoms in total. The Kier molecular flexibility index (Phi) is 3.72. The molecule has 66 valence electrons. The maximum Gasteiger partial charge on any atom is 0.169 e. The molecule has 0 bridgehead atoms. The van der Waals surface area contributed by atoms with Crippen molar-refractivity contribution >= 4 is 45.2 Å². The number of aliphatic hydroxyl groups is 1. The van der Waals surface area contributed by atoms with Gasteiger partial charge in [-0.15, -0.1) is 0 Å². The van der Waals surface area contributed by atoms with Crippen molar-refractivity contribution in [3.8, 4) is 0 Å². The van der Waals surface area contributed by atoms with Crippen LogP contribution in [0.1, 0.15) is 5.56 Å². The second-order valence-corrected chi connectivity index (χ2v) is 5.43. The predicted octanol–water partition coefficient (Wildman–Crippen LogP) is 2.84. The van der Waals surface area contributed by atoms with Crippen LogP contribution in [0.25, 0.3) is 0 Å². The second kappa shape index (κ2) is 4.19. The lowest BCUT2D eigenvalue weighted by Gasteiger charge is -2.17. The van der Waals surface area contributed by atoms with Crippen LogP contribution in [0, 0.1) is 3.57 Å². The molecule has 12 heavy (non-hydrogen) atoms. The molecule has 1 unspecified atom stereocenters. The molecule has 0 radical (unpaired) electrons. The van der Waals surface area contributed by atoms with Crippen molar-refractivity contribution in [2.24, 2.45) is 0 Å². The lowest BCUT2D eigenvalue weighted by molar-refractivity contribution is 0.122. The van der Waals surface area contributed by atoms with Gasteiger partial charge < -0.3 is 5.11 Å². The Morgan fingerprint density at radius 1 is 1.33 bits per heavy atom. The second-order valence-electron chi connectivity index (χ2n) is 2.40. The molecule has 0 aliphatic heterocycles. The maximum atomic E-state index is 12.3. The van der Waals surface area contributed by atoms with Crippen LogP contribution in [0.5, 0.6) is 0 Å². The molecule has 0 saturated carbocycles. The van der Waals surface area contributed by atoms with E-state index in [9.17, 15) is 9.50 Å². The van der Waals surface area contributed by atoms with Gasteiger partial charge in [-0.2, -0.15) is 0 Å². The summed E-state index contributed by atoms with van der Waals surface area (Å²) in [5.74, 6) is 0. The van der Waals surface area contributed by atoms with Gasteiger partial charge in [-0.25, -0.2) is 4.39 Å². The molecule has 0 aromatic heterocycles. The summed E-state index contributed by atoms with van der Waals surface area (Å²) in [6.45, 7) is -0.770. The van der Waals surface area contributed by atoms with Crippen LogP contribution in [0.2, 0.25) is 0 Å². The highest BCUT2D eigenvalue weighted by atomic mass is 127. The zero-order valence-corrected chi connectivity index (χ0v) is 10.4. The largest absolute Gasteiger partial charge is 0.373 e. The van der Waals surface area contributed by atoms with Crippen molar-refractivity contribution in [3.63, 3.8) is 0 Å². The minimum Gasteiger partial charge on any atom is -0.373 e. The zero-order chi connectivity index (χ0) is 9.19. The Balaban J connectivity index is 2.96. The maximum absolute atomic E-state index is 12.3. The number of hydrogen-bond acceptors (Lipinski definition) is 1. The van der Waals surface area contributed by atoms with Crippen LogP contribution in [-0.2, 0) is 3.61 Å². The van der Waals surface area contributed by atoms with E-state index < -0.39 is 10.3 Å². The first kappa shape index (κ1) is 10.6. The molecule has 0 fully saturated rings. The van der Waals surface area contributed by atoms with Crippen molar-refractivity contribution in [1.82, 2.24) is 0 Å². The van der Waals surface area contributed by atoms with Gasteiger partial charge in [0.15, 0.2) is 3.61 Å². The Morgan fingerprint density at radius 3 is 2.25 bits per heavy atom. The number of halogens is 3. The minimum atomic E-state index is -1.37. The summed E-state index contributed by atoms with van der Waals surface area (Å²) < 4.78 is 12.0. The topological polar surface area (TPSA) is 20.2 Å². The molecule has 1 aromatic rings. The molecule has 0 saturated heterocycles. The molecule has 0 amide bonds. The smallest absolute Gasteiger partial charge is 0.169 e. The van der Waals surface area contributed by atoms with E-state index in [4.69, 9.17) is 0 Å². The van der Waals surface area contributed by atoms with E-state index in [2.05, 4.69) is 22.6 Å². The van der Waals surface area contributed by atoms with Crippen molar-refractivity contribution in [1.29, 1.82) is 0 Å². The summed E-state index contributed by atoms with van der Waals surface area (Å²) in [4.78, 5) is 0. The monoisotopic (exact) mass is 392 g/mol. The van der Waals surface area contributed by atoms with Crippen molar-refractivity contribution in [2.45, 2.75) is 3.61 Å². The highest BCUT2D eigenvalue weighted by Crippen LogP contribution is 2.29. The van der Waals surface area contributed by atoms with Gasteiger partial charge in [0.1, 0.15) is 6.67 Å². The first-order chi connectivity index (χ1) is 5.56. The average Bonchev–Trinajstić information content (AvgIpc) is 2.05. The Morgan fingerprint density at radius 2 is 1.83 bits per heavy atom. The van der Waals surface area contributed by atoms with E-state index in [1.807, 2.05) is 12.1 Å².